The lowest BCUT2D eigenvalue weighted by Crippen LogP contribution is -2.39. The highest BCUT2D eigenvalue weighted by Crippen LogP contribution is 2.17. The molecule has 0 bridgehead atoms. The highest BCUT2D eigenvalue weighted by molar-refractivity contribution is 5.74. The van der Waals surface area contributed by atoms with Gasteiger partial charge in [0, 0.05) is 25.4 Å². The van der Waals surface area contributed by atoms with Crippen molar-refractivity contribution in [3.8, 4) is 0 Å². The predicted octanol–water partition coefficient (Wildman–Crippen LogP) is 2.13. The zero-order valence-electron chi connectivity index (χ0n) is 14.0. The molecule has 0 aliphatic heterocycles. The molecule has 1 aromatic heterocycles. The number of nitrogens with zero attached hydrogens (tertiary/aromatic N) is 2. The fraction of sp³-hybridized carbons (Fsp3) is 0.412. The number of amides is 2. The van der Waals surface area contributed by atoms with Gasteiger partial charge >= 0.3 is 6.03 Å². The summed E-state index contributed by atoms with van der Waals surface area (Å²) in [5.41, 5.74) is 3.69. The number of rotatable bonds is 5. The van der Waals surface area contributed by atoms with E-state index in [1.54, 1.807) is 4.68 Å². The topological polar surface area (TPSA) is 79.2 Å². The summed E-state index contributed by atoms with van der Waals surface area (Å²) >= 11 is 0. The van der Waals surface area contributed by atoms with Crippen molar-refractivity contribution >= 4 is 6.03 Å². The van der Waals surface area contributed by atoms with Gasteiger partial charge in [-0.05, 0) is 31.9 Å². The molecule has 2 atom stereocenters. The summed E-state index contributed by atoms with van der Waals surface area (Å²) in [7, 11) is 1.85. The first-order valence-corrected chi connectivity index (χ1v) is 7.66. The van der Waals surface area contributed by atoms with Crippen LogP contribution >= 0.6 is 0 Å². The monoisotopic (exact) mass is 316 g/mol. The zero-order valence-corrected chi connectivity index (χ0v) is 14.0. The number of aromatic nitrogens is 2. The minimum Gasteiger partial charge on any atom is -0.387 e. The van der Waals surface area contributed by atoms with E-state index < -0.39 is 6.10 Å². The molecule has 124 valence electrons. The molecule has 0 radical (unpaired) electrons. The molecule has 2 aromatic rings. The van der Waals surface area contributed by atoms with E-state index in [-0.39, 0.29) is 18.6 Å². The Bertz CT molecular complexity index is 681. The molecule has 23 heavy (non-hydrogen) atoms. The first kappa shape index (κ1) is 17.0. The van der Waals surface area contributed by atoms with Gasteiger partial charge in [0.1, 0.15) is 0 Å². The van der Waals surface area contributed by atoms with Gasteiger partial charge in [-0.2, -0.15) is 5.10 Å². The Balaban J connectivity index is 1.88. The molecular weight excluding hydrogens is 292 g/mol. The van der Waals surface area contributed by atoms with Crippen molar-refractivity contribution in [3.63, 3.8) is 0 Å². The minimum atomic E-state index is -0.725. The summed E-state index contributed by atoms with van der Waals surface area (Å²) in [4.78, 5) is 12.0. The van der Waals surface area contributed by atoms with Gasteiger partial charge in [0.25, 0.3) is 0 Å². The van der Waals surface area contributed by atoms with E-state index >= 15 is 0 Å². The second-order valence-corrected chi connectivity index (χ2v) is 5.79. The summed E-state index contributed by atoms with van der Waals surface area (Å²) < 4.78 is 1.72. The Morgan fingerprint density at radius 3 is 2.61 bits per heavy atom. The van der Waals surface area contributed by atoms with E-state index in [9.17, 15) is 9.90 Å². The van der Waals surface area contributed by atoms with Gasteiger partial charge in [-0.15, -0.1) is 0 Å². The van der Waals surface area contributed by atoms with Crippen LogP contribution in [0.3, 0.4) is 0 Å². The first-order chi connectivity index (χ1) is 10.9. The molecule has 3 N–H and O–H groups in total. The Morgan fingerprint density at radius 1 is 1.30 bits per heavy atom. The predicted molar refractivity (Wildman–Crippen MR) is 89.0 cm³/mol. The van der Waals surface area contributed by atoms with Crippen LogP contribution in [0.4, 0.5) is 4.79 Å². The van der Waals surface area contributed by atoms with Crippen LogP contribution < -0.4 is 10.6 Å². The highest BCUT2D eigenvalue weighted by Gasteiger charge is 2.16. The van der Waals surface area contributed by atoms with Crippen molar-refractivity contribution in [1.29, 1.82) is 0 Å². The van der Waals surface area contributed by atoms with E-state index in [1.165, 1.54) is 0 Å². The Labute approximate surface area is 136 Å². The molecule has 1 heterocycles. The number of aryl methyl sites for hydroxylation is 3. The van der Waals surface area contributed by atoms with Crippen molar-refractivity contribution in [1.82, 2.24) is 20.4 Å². The molecule has 1 aromatic carbocycles. The third-order valence-corrected chi connectivity index (χ3v) is 3.87. The van der Waals surface area contributed by atoms with Gasteiger partial charge in [0.05, 0.1) is 17.8 Å². The van der Waals surface area contributed by atoms with E-state index in [4.69, 9.17) is 0 Å². The normalized spacial score (nSPS) is 13.4. The first-order valence-electron chi connectivity index (χ1n) is 7.66. The largest absolute Gasteiger partial charge is 0.387 e. The molecular formula is C17H24N4O2. The van der Waals surface area contributed by atoms with Crippen LogP contribution in [0.2, 0.25) is 0 Å². The lowest BCUT2D eigenvalue weighted by molar-refractivity contribution is 0.172. The Morgan fingerprint density at radius 2 is 2.00 bits per heavy atom. The van der Waals surface area contributed by atoms with Crippen molar-refractivity contribution in [2.24, 2.45) is 7.05 Å². The molecule has 6 heteroatoms. The van der Waals surface area contributed by atoms with E-state index in [0.717, 1.165) is 22.4 Å². The van der Waals surface area contributed by atoms with Crippen LogP contribution in [0.5, 0.6) is 0 Å². The maximum atomic E-state index is 12.0. The second-order valence-electron chi connectivity index (χ2n) is 5.79. The van der Waals surface area contributed by atoms with Crippen LogP contribution in [-0.4, -0.2) is 27.5 Å². The molecule has 0 saturated heterocycles. The number of hydrogen-bond donors (Lipinski definition) is 3. The molecule has 0 saturated carbocycles. The van der Waals surface area contributed by atoms with Gasteiger partial charge < -0.3 is 15.7 Å². The third-order valence-electron chi connectivity index (χ3n) is 3.87. The SMILES string of the molecule is Cc1ccccc1[C@H](O)CNC(=O)N[C@H](C)c1cn(C)nc1C. The lowest BCUT2D eigenvalue weighted by Gasteiger charge is -2.17. The van der Waals surface area contributed by atoms with Crippen molar-refractivity contribution in [3.05, 3.63) is 52.8 Å². The van der Waals surface area contributed by atoms with Gasteiger partial charge in [0.2, 0.25) is 0 Å². The number of carbonyl (C=O) groups is 1. The van der Waals surface area contributed by atoms with Gasteiger partial charge in [0.15, 0.2) is 0 Å². The second kappa shape index (κ2) is 7.28. The Hall–Kier alpha value is -2.34. The molecule has 0 spiro atoms. The lowest BCUT2D eigenvalue weighted by atomic mass is 10.0. The molecule has 0 unspecified atom stereocenters. The fourth-order valence-corrected chi connectivity index (χ4v) is 2.63. The van der Waals surface area contributed by atoms with Crippen molar-refractivity contribution in [2.45, 2.75) is 32.9 Å². The molecule has 6 nitrogen and oxygen atoms in total. The maximum Gasteiger partial charge on any atom is 0.315 e. The van der Waals surface area contributed by atoms with E-state index in [2.05, 4.69) is 15.7 Å². The third kappa shape index (κ3) is 4.32. The molecule has 0 fully saturated rings. The number of carbonyl (C=O) groups excluding carboxylic acids is 1. The van der Waals surface area contributed by atoms with Crippen molar-refractivity contribution in [2.75, 3.05) is 6.54 Å². The molecule has 0 aliphatic rings. The number of aliphatic hydroxyl groups excluding tert-OH is 1. The van der Waals surface area contributed by atoms with Crippen molar-refractivity contribution < 1.29 is 9.90 Å². The Kier molecular flexibility index (Phi) is 5.39. The summed E-state index contributed by atoms with van der Waals surface area (Å²) in [5, 5.41) is 20.0. The average Bonchev–Trinajstić information content (AvgIpc) is 2.84. The standard InChI is InChI=1S/C17H24N4O2/c1-11-7-5-6-8-14(11)16(22)9-18-17(23)19-12(2)15-10-21(4)20-13(15)3/h5-8,10,12,16,22H,9H2,1-4H3,(H2,18,19,23)/t12-,16-/m1/s1. The smallest absolute Gasteiger partial charge is 0.315 e. The van der Waals surface area contributed by atoms with Gasteiger partial charge in [-0.3, -0.25) is 4.68 Å². The summed E-state index contributed by atoms with van der Waals surface area (Å²) in [5.74, 6) is 0. The summed E-state index contributed by atoms with van der Waals surface area (Å²) in [6.07, 6.45) is 1.17. The maximum absolute atomic E-state index is 12.0. The average molecular weight is 316 g/mol. The highest BCUT2D eigenvalue weighted by atomic mass is 16.3. The molecule has 0 aliphatic carbocycles. The van der Waals surface area contributed by atoms with Crippen LogP contribution in [-0.2, 0) is 7.05 Å². The van der Waals surface area contributed by atoms with E-state index in [0.29, 0.717) is 0 Å². The summed E-state index contributed by atoms with van der Waals surface area (Å²) in [6, 6.07) is 7.13. The summed E-state index contributed by atoms with van der Waals surface area (Å²) in [6.45, 7) is 5.91. The number of nitrogens with one attached hydrogen (secondary N) is 2. The minimum absolute atomic E-state index is 0.153. The van der Waals surface area contributed by atoms with E-state index in [1.807, 2.05) is 58.3 Å². The van der Waals surface area contributed by atoms with Gasteiger partial charge in [-0.25, -0.2) is 4.79 Å². The molecule has 2 amide bonds. The number of hydrogen-bond acceptors (Lipinski definition) is 3. The van der Waals surface area contributed by atoms with Crippen LogP contribution in [0.1, 0.15) is 41.5 Å². The van der Waals surface area contributed by atoms with Crippen LogP contribution in [0.25, 0.3) is 0 Å². The zero-order chi connectivity index (χ0) is 17.0. The number of urea groups is 1. The number of aliphatic hydroxyl groups is 1. The van der Waals surface area contributed by atoms with Crippen LogP contribution in [0.15, 0.2) is 30.5 Å². The van der Waals surface area contributed by atoms with Crippen LogP contribution in [0, 0.1) is 13.8 Å². The number of benzene rings is 1. The quantitative estimate of drug-likeness (QED) is 0.790. The fourth-order valence-electron chi connectivity index (χ4n) is 2.63. The molecule has 2 rings (SSSR count). The van der Waals surface area contributed by atoms with Gasteiger partial charge in [-0.1, -0.05) is 24.3 Å².